The van der Waals surface area contributed by atoms with E-state index in [-0.39, 0.29) is 10.7 Å². The summed E-state index contributed by atoms with van der Waals surface area (Å²) in [5.41, 5.74) is 0.937. The molecule has 2 N–H and O–H groups in total. The van der Waals surface area contributed by atoms with Crippen LogP contribution in [0.5, 0.6) is 0 Å². The van der Waals surface area contributed by atoms with Gasteiger partial charge < -0.3 is 9.97 Å². The van der Waals surface area contributed by atoms with Gasteiger partial charge in [-0.25, -0.2) is 9.18 Å². The Morgan fingerprint density at radius 3 is 2.71 bits per heavy atom. The average Bonchev–Trinajstić information content (AvgIpc) is 2.57. The van der Waals surface area contributed by atoms with Crippen LogP contribution < -0.4 is 5.69 Å². The molecule has 1 aromatic carbocycles. The molecule has 0 aliphatic heterocycles. The summed E-state index contributed by atoms with van der Waals surface area (Å²) < 4.78 is 12.8. The number of rotatable bonds is 1. The zero-order valence-electron chi connectivity index (χ0n) is 6.97. The largest absolute Gasteiger partial charge is 0.323 e. The number of hydrogen-bond acceptors (Lipinski definition) is 1. The number of imidazole rings is 1. The lowest BCUT2D eigenvalue weighted by Crippen LogP contribution is -1.99. The van der Waals surface area contributed by atoms with E-state index in [1.807, 2.05) is 0 Å². The predicted molar refractivity (Wildman–Crippen MR) is 51.8 cm³/mol. The van der Waals surface area contributed by atoms with Gasteiger partial charge in [-0.1, -0.05) is 11.6 Å². The molecule has 5 heteroatoms. The first-order valence-corrected chi connectivity index (χ1v) is 4.28. The molecule has 2 aromatic rings. The van der Waals surface area contributed by atoms with E-state index in [1.54, 1.807) is 6.07 Å². The molecule has 0 aliphatic carbocycles. The Morgan fingerprint density at radius 1 is 1.36 bits per heavy atom. The minimum absolute atomic E-state index is 0.0320. The van der Waals surface area contributed by atoms with Crippen LogP contribution in [0.4, 0.5) is 4.39 Å². The van der Waals surface area contributed by atoms with Crippen molar-refractivity contribution in [1.29, 1.82) is 0 Å². The average molecular weight is 213 g/mol. The van der Waals surface area contributed by atoms with Crippen molar-refractivity contribution in [2.24, 2.45) is 0 Å². The van der Waals surface area contributed by atoms with Crippen LogP contribution >= 0.6 is 11.6 Å². The highest BCUT2D eigenvalue weighted by Gasteiger charge is 2.04. The van der Waals surface area contributed by atoms with Gasteiger partial charge in [0.15, 0.2) is 0 Å². The van der Waals surface area contributed by atoms with Crippen LogP contribution in [0.1, 0.15) is 0 Å². The third-order valence-corrected chi connectivity index (χ3v) is 2.12. The summed E-state index contributed by atoms with van der Waals surface area (Å²) in [6.07, 6.45) is 1.51. The maximum Gasteiger partial charge on any atom is 0.323 e. The van der Waals surface area contributed by atoms with Gasteiger partial charge in [0.2, 0.25) is 0 Å². The number of H-pyrrole nitrogens is 2. The maximum atomic E-state index is 12.8. The highest BCUT2D eigenvalue weighted by molar-refractivity contribution is 6.31. The summed E-state index contributed by atoms with van der Waals surface area (Å²) >= 11 is 5.59. The van der Waals surface area contributed by atoms with Crippen LogP contribution in [0.25, 0.3) is 11.3 Å². The molecule has 14 heavy (non-hydrogen) atoms. The van der Waals surface area contributed by atoms with Gasteiger partial charge in [-0.15, -0.1) is 0 Å². The zero-order valence-corrected chi connectivity index (χ0v) is 7.73. The van der Waals surface area contributed by atoms with E-state index < -0.39 is 5.82 Å². The molecule has 0 bridgehead atoms. The monoisotopic (exact) mass is 212 g/mol. The van der Waals surface area contributed by atoms with Crippen molar-refractivity contribution in [3.8, 4) is 11.3 Å². The highest BCUT2D eigenvalue weighted by Crippen LogP contribution is 2.22. The topological polar surface area (TPSA) is 48.6 Å². The highest BCUT2D eigenvalue weighted by atomic mass is 35.5. The van der Waals surface area contributed by atoms with E-state index >= 15 is 0 Å². The molecule has 0 unspecified atom stereocenters. The first-order chi connectivity index (χ1) is 6.66. The molecule has 1 aromatic heterocycles. The quantitative estimate of drug-likeness (QED) is 0.748. The number of aromatic amines is 2. The molecule has 0 saturated heterocycles. The Balaban J connectivity index is 2.52. The summed E-state index contributed by atoms with van der Waals surface area (Å²) in [6, 6.07) is 4.25. The number of nitrogens with one attached hydrogen (secondary N) is 2. The fourth-order valence-corrected chi connectivity index (χ4v) is 1.33. The second-order valence-corrected chi connectivity index (χ2v) is 3.19. The SMILES string of the molecule is O=c1[nH]cc(-c2ccc(F)c(Cl)c2)[nH]1. The van der Waals surface area contributed by atoms with Gasteiger partial charge >= 0.3 is 5.69 Å². The third kappa shape index (κ3) is 1.56. The fourth-order valence-electron chi connectivity index (χ4n) is 1.15. The van der Waals surface area contributed by atoms with Gasteiger partial charge in [0, 0.05) is 11.8 Å². The number of hydrogen-bond donors (Lipinski definition) is 2. The Labute approximate surface area is 83.5 Å². The lowest BCUT2D eigenvalue weighted by Gasteiger charge is -1.98. The van der Waals surface area contributed by atoms with E-state index in [0.29, 0.717) is 11.3 Å². The normalized spacial score (nSPS) is 10.4. The van der Waals surface area contributed by atoms with Gasteiger partial charge in [0.1, 0.15) is 5.82 Å². The van der Waals surface area contributed by atoms with E-state index in [1.165, 1.54) is 18.3 Å². The molecular formula is C9H6ClFN2O. The van der Waals surface area contributed by atoms with Gasteiger partial charge in [-0.05, 0) is 18.2 Å². The van der Waals surface area contributed by atoms with Gasteiger partial charge in [-0.3, -0.25) is 0 Å². The third-order valence-electron chi connectivity index (χ3n) is 1.83. The summed E-state index contributed by atoms with van der Waals surface area (Å²) in [4.78, 5) is 15.8. The molecule has 0 atom stereocenters. The lowest BCUT2D eigenvalue weighted by atomic mass is 10.2. The van der Waals surface area contributed by atoms with Gasteiger partial charge in [0.25, 0.3) is 0 Å². The van der Waals surface area contributed by atoms with Crippen molar-refractivity contribution < 1.29 is 4.39 Å². The van der Waals surface area contributed by atoms with Crippen molar-refractivity contribution in [2.75, 3.05) is 0 Å². The van der Waals surface area contributed by atoms with Gasteiger partial charge in [0.05, 0.1) is 10.7 Å². The summed E-state index contributed by atoms with van der Waals surface area (Å²) in [5.74, 6) is -0.478. The van der Waals surface area contributed by atoms with E-state index in [0.717, 1.165) is 0 Å². The standard InChI is InChI=1S/C9H6ClFN2O/c10-6-3-5(1-2-7(6)11)8-4-12-9(14)13-8/h1-4H,(H2,12,13,14). The minimum atomic E-state index is -0.478. The summed E-state index contributed by atoms with van der Waals surface area (Å²) in [7, 11) is 0. The van der Waals surface area contributed by atoms with Crippen LogP contribution in [-0.4, -0.2) is 9.97 Å². The molecule has 72 valence electrons. The van der Waals surface area contributed by atoms with Crippen LogP contribution in [0, 0.1) is 5.82 Å². The first kappa shape index (κ1) is 9.02. The summed E-state index contributed by atoms with van der Waals surface area (Å²) in [6.45, 7) is 0. The second-order valence-electron chi connectivity index (χ2n) is 2.79. The van der Waals surface area contributed by atoms with Crippen LogP contribution in [0.2, 0.25) is 5.02 Å². The van der Waals surface area contributed by atoms with Crippen molar-refractivity contribution in [2.45, 2.75) is 0 Å². The van der Waals surface area contributed by atoms with Gasteiger partial charge in [-0.2, -0.15) is 0 Å². The van der Waals surface area contributed by atoms with Crippen LogP contribution in [0.3, 0.4) is 0 Å². The number of benzene rings is 1. The Bertz CT molecular complexity index is 518. The molecule has 0 fully saturated rings. The molecule has 0 radical (unpaired) electrons. The number of aromatic nitrogens is 2. The van der Waals surface area contributed by atoms with Crippen molar-refractivity contribution in [3.05, 3.63) is 45.7 Å². The summed E-state index contributed by atoms with van der Waals surface area (Å²) in [5, 5.41) is 0.0320. The van der Waals surface area contributed by atoms with Crippen molar-refractivity contribution in [3.63, 3.8) is 0 Å². The van der Waals surface area contributed by atoms with Crippen molar-refractivity contribution >= 4 is 11.6 Å². The molecule has 0 saturated carbocycles. The molecule has 1 heterocycles. The van der Waals surface area contributed by atoms with Crippen LogP contribution in [-0.2, 0) is 0 Å². The van der Waals surface area contributed by atoms with E-state index in [2.05, 4.69) is 9.97 Å². The Hall–Kier alpha value is -1.55. The first-order valence-electron chi connectivity index (χ1n) is 3.90. The maximum absolute atomic E-state index is 12.8. The van der Waals surface area contributed by atoms with E-state index in [4.69, 9.17) is 11.6 Å². The molecule has 0 spiro atoms. The van der Waals surface area contributed by atoms with E-state index in [9.17, 15) is 9.18 Å². The minimum Gasteiger partial charge on any atom is -0.312 e. The lowest BCUT2D eigenvalue weighted by molar-refractivity contribution is 0.628. The molecule has 0 amide bonds. The Morgan fingerprint density at radius 2 is 2.14 bits per heavy atom. The predicted octanol–water partition coefficient (Wildman–Crippen LogP) is 2.16. The van der Waals surface area contributed by atoms with Crippen molar-refractivity contribution in [1.82, 2.24) is 9.97 Å². The number of halogens is 2. The molecule has 0 aliphatic rings. The molecule has 2 rings (SSSR count). The Kier molecular flexibility index (Phi) is 2.13. The van der Waals surface area contributed by atoms with Crippen LogP contribution in [0.15, 0.2) is 29.2 Å². The fraction of sp³-hybridized carbons (Fsp3) is 0. The molecular weight excluding hydrogens is 207 g/mol. The molecule has 3 nitrogen and oxygen atoms in total. The smallest absolute Gasteiger partial charge is 0.312 e. The zero-order chi connectivity index (χ0) is 10.1. The second kappa shape index (κ2) is 3.31.